The summed E-state index contributed by atoms with van der Waals surface area (Å²) >= 11 is 0. The van der Waals surface area contributed by atoms with Gasteiger partial charge in [-0.1, -0.05) is 84.5 Å². The first kappa shape index (κ1) is 29.6. The second-order valence-electron chi connectivity index (χ2n) is 9.78. The molecule has 1 aromatic rings. The lowest BCUT2D eigenvalue weighted by atomic mass is 10.1. The van der Waals surface area contributed by atoms with Crippen LogP contribution in [0.5, 0.6) is 0 Å². The number of unbranched alkanes of at least 4 members (excludes halogenated alkanes) is 11. The summed E-state index contributed by atoms with van der Waals surface area (Å²) in [5, 5.41) is 10.2. The molecule has 0 radical (unpaired) electrons. The van der Waals surface area contributed by atoms with E-state index in [1.54, 1.807) is 0 Å². The Morgan fingerprint density at radius 1 is 0.571 bits per heavy atom. The van der Waals surface area contributed by atoms with Gasteiger partial charge in [0, 0.05) is 32.7 Å². The monoisotopic (exact) mass is 491 g/mol. The van der Waals surface area contributed by atoms with Crippen molar-refractivity contribution in [2.75, 3.05) is 68.4 Å². The van der Waals surface area contributed by atoms with Crippen LogP contribution in [0.15, 0.2) is 0 Å². The molecular weight excluding hydrogens is 438 g/mol. The number of morpholine rings is 1. The largest absolute Gasteiger partial charge is 0.379 e. The highest BCUT2D eigenvalue weighted by Crippen LogP contribution is 2.12. The van der Waals surface area contributed by atoms with Crippen LogP contribution in [0.1, 0.15) is 104 Å². The Morgan fingerprint density at radius 3 is 1.46 bits per heavy atom. The van der Waals surface area contributed by atoms with Gasteiger partial charge in [0.1, 0.15) is 0 Å². The van der Waals surface area contributed by atoms with Gasteiger partial charge in [-0.05, 0) is 25.8 Å². The molecule has 8 nitrogen and oxygen atoms in total. The van der Waals surface area contributed by atoms with Gasteiger partial charge >= 0.3 is 0 Å². The first-order valence-corrected chi connectivity index (χ1v) is 14.6. The molecule has 1 aromatic heterocycles. The van der Waals surface area contributed by atoms with Crippen molar-refractivity contribution < 1.29 is 4.74 Å². The molecule has 1 saturated heterocycles. The molecule has 0 unspecified atom stereocenters. The summed E-state index contributed by atoms with van der Waals surface area (Å²) in [6.45, 7) is 12.0. The number of ether oxygens (including phenoxy) is 1. The lowest BCUT2D eigenvalue weighted by molar-refractivity contribution is 0.0378. The number of hydrogen-bond acceptors (Lipinski definition) is 8. The molecule has 0 saturated carbocycles. The van der Waals surface area contributed by atoms with Crippen LogP contribution in [0.25, 0.3) is 0 Å². The molecule has 3 N–H and O–H groups in total. The van der Waals surface area contributed by atoms with Gasteiger partial charge in [0.25, 0.3) is 0 Å². The van der Waals surface area contributed by atoms with Crippen LogP contribution >= 0.6 is 0 Å². The molecule has 2 heterocycles. The third kappa shape index (κ3) is 15.1. The molecule has 0 aliphatic carbocycles. The fourth-order valence-corrected chi connectivity index (χ4v) is 4.33. The van der Waals surface area contributed by atoms with E-state index in [0.717, 1.165) is 71.7 Å². The highest BCUT2D eigenvalue weighted by atomic mass is 16.5. The molecule has 0 amide bonds. The normalized spacial score (nSPS) is 14.2. The summed E-state index contributed by atoms with van der Waals surface area (Å²) in [6.07, 6.45) is 18.0. The van der Waals surface area contributed by atoms with Gasteiger partial charge in [-0.25, -0.2) is 0 Å². The number of anilines is 3. The van der Waals surface area contributed by atoms with E-state index in [4.69, 9.17) is 4.74 Å². The first-order valence-electron chi connectivity index (χ1n) is 14.6. The SMILES string of the molecule is CCCCCCCCCCCNc1nc(NCCCCCC)nc(NCCCN2CCOCC2)n1. The molecule has 8 heteroatoms. The van der Waals surface area contributed by atoms with E-state index in [-0.39, 0.29) is 0 Å². The molecule has 0 bridgehead atoms. The maximum atomic E-state index is 5.43. The smallest absolute Gasteiger partial charge is 0.229 e. The quantitative estimate of drug-likeness (QED) is 0.172. The van der Waals surface area contributed by atoms with E-state index in [2.05, 4.69) is 49.6 Å². The van der Waals surface area contributed by atoms with Gasteiger partial charge in [-0.15, -0.1) is 0 Å². The van der Waals surface area contributed by atoms with Crippen LogP contribution in [-0.2, 0) is 4.74 Å². The molecular formula is C27H53N7O. The summed E-state index contributed by atoms with van der Waals surface area (Å²) < 4.78 is 5.43. The Balaban J connectivity index is 1.71. The number of nitrogens with one attached hydrogen (secondary N) is 3. The van der Waals surface area contributed by atoms with Crippen molar-refractivity contribution in [1.82, 2.24) is 19.9 Å². The van der Waals surface area contributed by atoms with Crippen molar-refractivity contribution in [2.24, 2.45) is 0 Å². The molecule has 1 aliphatic rings. The topological polar surface area (TPSA) is 87.2 Å². The highest BCUT2D eigenvalue weighted by molar-refractivity contribution is 5.42. The zero-order valence-electron chi connectivity index (χ0n) is 22.8. The van der Waals surface area contributed by atoms with Crippen molar-refractivity contribution in [3.05, 3.63) is 0 Å². The molecule has 1 fully saturated rings. The summed E-state index contributed by atoms with van der Waals surface area (Å²) in [7, 11) is 0. The molecule has 0 atom stereocenters. The van der Waals surface area contributed by atoms with Crippen LogP contribution < -0.4 is 16.0 Å². The van der Waals surface area contributed by atoms with Gasteiger partial charge in [0.05, 0.1) is 13.2 Å². The number of rotatable bonds is 22. The van der Waals surface area contributed by atoms with E-state index in [1.807, 2.05) is 0 Å². The van der Waals surface area contributed by atoms with E-state index >= 15 is 0 Å². The standard InChI is InChI=1S/C27H53N7O/c1-3-5-7-9-10-11-12-13-15-18-29-26-31-25(28-17-14-8-6-4-2)32-27(33-26)30-19-16-20-34-21-23-35-24-22-34/h3-24H2,1-2H3,(H3,28,29,30,31,32,33). The number of hydrogen-bond donors (Lipinski definition) is 3. The van der Waals surface area contributed by atoms with Gasteiger partial charge in [0.15, 0.2) is 0 Å². The van der Waals surface area contributed by atoms with Crippen molar-refractivity contribution in [1.29, 1.82) is 0 Å². The van der Waals surface area contributed by atoms with Crippen LogP contribution in [0.3, 0.4) is 0 Å². The molecule has 2 rings (SSSR count). The van der Waals surface area contributed by atoms with Crippen molar-refractivity contribution in [2.45, 2.75) is 104 Å². The summed E-state index contributed by atoms with van der Waals surface area (Å²) in [5.41, 5.74) is 0. The Morgan fingerprint density at radius 2 is 0.971 bits per heavy atom. The average molecular weight is 492 g/mol. The van der Waals surface area contributed by atoms with Crippen molar-refractivity contribution in [3.63, 3.8) is 0 Å². The first-order chi connectivity index (χ1) is 17.3. The third-order valence-corrected chi connectivity index (χ3v) is 6.55. The molecule has 0 spiro atoms. The summed E-state index contributed by atoms with van der Waals surface area (Å²) in [5.74, 6) is 2.00. The van der Waals surface area contributed by atoms with E-state index < -0.39 is 0 Å². The molecule has 202 valence electrons. The highest BCUT2D eigenvalue weighted by Gasteiger charge is 2.10. The van der Waals surface area contributed by atoms with Crippen LogP contribution in [0.2, 0.25) is 0 Å². The Labute approximate surface area is 214 Å². The summed E-state index contributed by atoms with van der Waals surface area (Å²) in [4.78, 5) is 16.3. The minimum Gasteiger partial charge on any atom is -0.379 e. The zero-order valence-corrected chi connectivity index (χ0v) is 22.8. The number of aromatic nitrogens is 3. The third-order valence-electron chi connectivity index (χ3n) is 6.55. The van der Waals surface area contributed by atoms with E-state index in [1.165, 1.54) is 70.6 Å². The predicted octanol–water partition coefficient (Wildman–Crippen LogP) is 5.94. The van der Waals surface area contributed by atoms with Crippen LogP contribution in [-0.4, -0.2) is 72.3 Å². The maximum absolute atomic E-state index is 5.43. The fourth-order valence-electron chi connectivity index (χ4n) is 4.33. The summed E-state index contributed by atoms with van der Waals surface area (Å²) in [6, 6.07) is 0. The minimum absolute atomic E-state index is 0.660. The van der Waals surface area contributed by atoms with Gasteiger partial charge in [-0.2, -0.15) is 15.0 Å². The Hall–Kier alpha value is -1.67. The Bertz CT molecular complexity index is 626. The van der Waals surface area contributed by atoms with Gasteiger partial charge in [0.2, 0.25) is 17.8 Å². The second-order valence-corrected chi connectivity index (χ2v) is 9.78. The Kier molecular flexibility index (Phi) is 17.3. The molecule has 1 aliphatic heterocycles. The van der Waals surface area contributed by atoms with Crippen molar-refractivity contribution >= 4 is 17.8 Å². The van der Waals surface area contributed by atoms with E-state index in [9.17, 15) is 0 Å². The second kappa shape index (κ2) is 20.5. The zero-order chi connectivity index (χ0) is 24.8. The fraction of sp³-hybridized carbons (Fsp3) is 0.889. The van der Waals surface area contributed by atoms with Crippen molar-refractivity contribution in [3.8, 4) is 0 Å². The van der Waals surface area contributed by atoms with Gasteiger partial charge in [-0.3, -0.25) is 4.90 Å². The predicted molar refractivity (Wildman–Crippen MR) is 149 cm³/mol. The van der Waals surface area contributed by atoms with Gasteiger partial charge < -0.3 is 20.7 Å². The average Bonchev–Trinajstić information content (AvgIpc) is 2.88. The van der Waals surface area contributed by atoms with Crippen LogP contribution in [0, 0.1) is 0 Å². The maximum Gasteiger partial charge on any atom is 0.229 e. The lowest BCUT2D eigenvalue weighted by Crippen LogP contribution is -2.37. The lowest BCUT2D eigenvalue weighted by Gasteiger charge is -2.26. The molecule has 35 heavy (non-hydrogen) atoms. The number of nitrogens with zero attached hydrogens (tertiary/aromatic N) is 4. The van der Waals surface area contributed by atoms with E-state index in [0.29, 0.717) is 17.8 Å². The molecule has 0 aromatic carbocycles. The minimum atomic E-state index is 0.660. The van der Waals surface area contributed by atoms with Crippen LogP contribution in [0.4, 0.5) is 17.8 Å².